The van der Waals surface area contributed by atoms with E-state index in [0.717, 1.165) is 11.1 Å². The number of anilines is 1. The van der Waals surface area contributed by atoms with Crippen LogP contribution >= 0.6 is 0 Å². The number of para-hydroxylation sites is 1. The molecule has 0 radical (unpaired) electrons. The minimum absolute atomic E-state index is 0.123. The lowest BCUT2D eigenvalue weighted by Crippen LogP contribution is -2.37. The van der Waals surface area contributed by atoms with Gasteiger partial charge in [-0.3, -0.25) is 9.59 Å². The Balaban J connectivity index is 1.97. The topological polar surface area (TPSA) is 58.2 Å². The van der Waals surface area contributed by atoms with Gasteiger partial charge in [-0.05, 0) is 28.5 Å². The number of hydrogen-bond donors (Lipinski definition) is 2. The van der Waals surface area contributed by atoms with E-state index in [4.69, 9.17) is 0 Å². The molecule has 0 fully saturated rings. The summed E-state index contributed by atoms with van der Waals surface area (Å²) in [7, 11) is 0. The second kappa shape index (κ2) is 7.97. The van der Waals surface area contributed by atoms with Crippen LogP contribution in [0.3, 0.4) is 0 Å². The summed E-state index contributed by atoms with van der Waals surface area (Å²) in [5, 5.41) is 5.44. The van der Waals surface area contributed by atoms with Crippen molar-refractivity contribution in [3.63, 3.8) is 0 Å². The van der Waals surface area contributed by atoms with Crippen LogP contribution in [0.15, 0.2) is 54.6 Å². The molecule has 0 spiro atoms. The van der Waals surface area contributed by atoms with Crippen LogP contribution in [0.2, 0.25) is 0 Å². The van der Waals surface area contributed by atoms with Crippen LogP contribution in [0.1, 0.15) is 44.7 Å². The van der Waals surface area contributed by atoms with Crippen LogP contribution in [0.5, 0.6) is 0 Å². The van der Waals surface area contributed by atoms with Gasteiger partial charge in [0.25, 0.3) is 0 Å². The van der Waals surface area contributed by atoms with E-state index in [-0.39, 0.29) is 11.3 Å². The van der Waals surface area contributed by atoms with Crippen LogP contribution < -0.4 is 10.6 Å². The van der Waals surface area contributed by atoms with E-state index in [0.29, 0.717) is 12.2 Å². The highest BCUT2D eigenvalue weighted by molar-refractivity contribution is 6.39. The van der Waals surface area contributed by atoms with Crippen LogP contribution in [0.4, 0.5) is 5.69 Å². The molecule has 0 aliphatic carbocycles. The molecule has 0 unspecified atom stereocenters. The molecule has 0 saturated carbocycles. The Morgan fingerprint density at radius 1 is 0.920 bits per heavy atom. The Labute approximate surface area is 149 Å². The van der Waals surface area contributed by atoms with E-state index in [2.05, 4.69) is 31.4 Å². The average Bonchev–Trinajstić information content (AvgIpc) is 2.59. The van der Waals surface area contributed by atoms with Crippen LogP contribution in [0.25, 0.3) is 0 Å². The number of carbonyl (C=O) groups is 2. The number of rotatable bonds is 4. The standard InChI is InChI=1S/C21H26N2O2/c1-15(16-10-6-5-7-11-16)14-22-19(24)20(25)23-18-13-9-8-12-17(18)21(2,3)4/h5-13,15H,14H2,1-4H3,(H,22,24)(H,23,25)/t15-/m1/s1. The highest BCUT2D eigenvalue weighted by Gasteiger charge is 2.21. The second-order valence-corrected chi connectivity index (χ2v) is 7.27. The number of nitrogens with one attached hydrogen (secondary N) is 2. The van der Waals surface area contributed by atoms with Gasteiger partial charge in [0, 0.05) is 12.2 Å². The Bertz CT molecular complexity index is 733. The molecule has 1 atom stereocenters. The van der Waals surface area contributed by atoms with Gasteiger partial charge in [-0.1, -0.05) is 76.2 Å². The zero-order chi connectivity index (χ0) is 18.4. The highest BCUT2D eigenvalue weighted by Crippen LogP contribution is 2.29. The summed E-state index contributed by atoms with van der Waals surface area (Å²) in [5.74, 6) is -1.12. The first-order chi connectivity index (χ1) is 11.8. The molecule has 0 aromatic heterocycles. The summed E-state index contributed by atoms with van der Waals surface area (Å²) in [6.45, 7) is 8.64. The first-order valence-corrected chi connectivity index (χ1v) is 8.52. The third-order valence-electron chi connectivity index (χ3n) is 4.13. The van der Waals surface area contributed by atoms with E-state index in [9.17, 15) is 9.59 Å². The normalized spacial score (nSPS) is 12.3. The van der Waals surface area contributed by atoms with Crippen LogP contribution in [-0.2, 0) is 15.0 Å². The van der Waals surface area contributed by atoms with Gasteiger partial charge in [0.2, 0.25) is 0 Å². The lowest BCUT2D eigenvalue weighted by molar-refractivity contribution is -0.136. The van der Waals surface area contributed by atoms with Crippen LogP contribution in [0, 0.1) is 0 Å². The second-order valence-electron chi connectivity index (χ2n) is 7.27. The lowest BCUT2D eigenvalue weighted by atomic mass is 9.86. The quantitative estimate of drug-likeness (QED) is 0.832. The van der Waals surface area contributed by atoms with Crippen molar-refractivity contribution in [1.29, 1.82) is 0 Å². The van der Waals surface area contributed by atoms with E-state index in [1.807, 2.05) is 61.5 Å². The molecule has 25 heavy (non-hydrogen) atoms. The largest absolute Gasteiger partial charge is 0.347 e. The maximum Gasteiger partial charge on any atom is 0.313 e. The molecule has 132 valence electrons. The summed E-state index contributed by atoms with van der Waals surface area (Å²) < 4.78 is 0. The molecule has 0 aliphatic heterocycles. The molecule has 2 aromatic rings. The average molecular weight is 338 g/mol. The Morgan fingerprint density at radius 3 is 2.16 bits per heavy atom. The molecule has 4 nitrogen and oxygen atoms in total. The Kier molecular flexibility index (Phi) is 5.97. The highest BCUT2D eigenvalue weighted by atomic mass is 16.2. The van der Waals surface area contributed by atoms with Gasteiger partial charge in [0.15, 0.2) is 0 Å². The number of hydrogen-bond acceptors (Lipinski definition) is 2. The van der Waals surface area contributed by atoms with Gasteiger partial charge in [0.05, 0.1) is 0 Å². The van der Waals surface area contributed by atoms with Gasteiger partial charge in [-0.2, -0.15) is 0 Å². The fourth-order valence-electron chi connectivity index (χ4n) is 2.65. The predicted octanol–water partition coefficient (Wildman–Crippen LogP) is 3.84. The molecular weight excluding hydrogens is 312 g/mol. The third-order valence-corrected chi connectivity index (χ3v) is 4.13. The maximum atomic E-state index is 12.2. The van der Waals surface area contributed by atoms with Gasteiger partial charge < -0.3 is 10.6 Å². The summed E-state index contributed by atoms with van der Waals surface area (Å²) in [6.07, 6.45) is 0. The van der Waals surface area contributed by atoms with Gasteiger partial charge in [0.1, 0.15) is 0 Å². The minimum Gasteiger partial charge on any atom is -0.347 e. The number of carbonyl (C=O) groups excluding carboxylic acids is 2. The molecule has 0 bridgehead atoms. The maximum absolute atomic E-state index is 12.2. The zero-order valence-electron chi connectivity index (χ0n) is 15.3. The zero-order valence-corrected chi connectivity index (χ0v) is 15.3. The van der Waals surface area contributed by atoms with Gasteiger partial charge in [-0.25, -0.2) is 0 Å². The summed E-state index contributed by atoms with van der Waals surface area (Å²) in [5.41, 5.74) is 2.67. The molecule has 4 heteroatoms. The number of benzene rings is 2. The van der Waals surface area contributed by atoms with E-state index in [1.165, 1.54) is 0 Å². The fourth-order valence-corrected chi connectivity index (χ4v) is 2.65. The molecule has 2 rings (SSSR count). The van der Waals surface area contributed by atoms with Gasteiger partial charge >= 0.3 is 11.8 Å². The van der Waals surface area contributed by atoms with Crippen LogP contribution in [-0.4, -0.2) is 18.4 Å². The molecular formula is C21H26N2O2. The van der Waals surface area contributed by atoms with Crippen molar-refractivity contribution in [1.82, 2.24) is 5.32 Å². The van der Waals surface area contributed by atoms with Crippen molar-refractivity contribution in [3.05, 3.63) is 65.7 Å². The monoisotopic (exact) mass is 338 g/mol. The van der Waals surface area contributed by atoms with E-state index in [1.54, 1.807) is 0 Å². The van der Waals surface area contributed by atoms with E-state index >= 15 is 0 Å². The van der Waals surface area contributed by atoms with Gasteiger partial charge in [-0.15, -0.1) is 0 Å². The van der Waals surface area contributed by atoms with Crippen molar-refractivity contribution in [2.24, 2.45) is 0 Å². The fraction of sp³-hybridized carbons (Fsp3) is 0.333. The summed E-state index contributed by atoms with van der Waals surface area (Å²) >= 11 is 0. The number of amides is 2. The molecule has 0 heterocycles. The molecule has 2 aromatic carbocycles. The first kappa shape index (κ1) is 18.7. The minimum atomic E-state index is -0.642. The molecule has 0 aliphatic rings. The van der Waals surface area contributed by atoms with E-state index < -0.39 is 11.8 Å². The van der Waals surface area contributed by atoms with Crippen molar-refractivity contribution in [3.8, 4) is 0 Å². The third kappa shape index (κ3) is 5.18. The Morgan fingerprint density at radius 2 is 1.52 bits per heavy atom. The summed E-state index contributed by atoms with van der Waals surface area (Å²) in [6, 6.07) is 17.5. The molecule has 0 saturated heterocycles. The van der Waals surface area contributed by atoms with Crippen molar-refractivity contribution in [2.45, 2.75) is 39.0 Å². The van der Waals surface area contributed by atoms with Crippen molar-refractivity contribution in [2.75, 3.05) is 11.9 Å². The Hall–Kier alpha value is -2.62. The van der Waals surface area contributed by atoms with Crippen molar-refractivity contribution >= 4 is 17.5 Å². The molecule has 2 N–H and O–H groups in total. The SMILES string of the molecule is C[C@H](CNC(=O)C(=O)Nc1ccccc1C(C)(C)C)c1ccccc1. The predicted molar refractivity (Wildman–Crippen MR) is 102 cm³/mol. The van der Waals surface area contributed by atoms with Crippen molar-refractivity contribution < 1.29 is 9.59 Å². The smallest absolute Gasteiger partial charge is 0.313 e. The molecule has 2 amide bonds. The summed E-state index contributed by atoms with van der Waals surface area (Å²) in [4.78, 5) is 24.3. The lowest BCUT2D eigenvalue weighted by Gasteiger charge is -2.23. The first-order valence-electron chi connectivity index (χ1n) is 8.52.